The summed E-state index contributed by atoms with van der Waals surface area (Å²) < 4.78 is 16.8. The second kappa shape index (κ2) is 11.5. The van der Waals surface area contributed by atoms with Crippen molar-refractivity contribution in [1.82, 2.24) is 34.8 Å². The van der Waals surface area contributed by atoms with Crippen LogP contribution < -0.4 is 10.9 Å². The molecule has 8 nitrogen and oxygen atoms in total. The molecule has 1 N–H and O–H groups in total. The van der Waals surface area contributed by atoms with E-state index in [-0.39, 0.29) is 25.3 Å². The van der Waals surface area contributed by atoms with E-state index < -0.39 is 0 Å². The van der Waals surface area contributed by atoms with Gasteiger partial charge in [-0.2, -0.15) is 10.2 Å². The first-order valence-corrected chi connectivity index (χ1v) is 12.6. The molecule has 0 spiro atoms. The SMILES string of the molecule is C.O=c1ccc(-c2ccc(F)cc2)nn1Cc1cccc(-c2ncc(-c3cnn(C4CCNCC4)c3)cn2)c1. The lowest BCUT2D eigenvalue weighted by atomic mass is 10.1. The monoisotopic (exact) mass is 523 g/mol. The molecule has 0 bridgehead atoms. The van der Waals surface area contributed by atoms with Crippen molar-refractivity contribution >= 4 is 0 Å². The number of hydrogen-bond donors (Lipinski definition) is 1. The Hall–Kier alpha value is -4.50. The first-order valence-electron chi connectivity index (χ1n) is 12.6. The van der Waals surface area contributed by atoms with Crippen molar-refractivity contribution in [3.8, 4) is 33.8 Å². The zero-order valence-electron chi connectivity index (χ0n) is 20.7. The highest BCUT2D eigenvalue weighted by atomic mass is 19.1. The van der Waals surface area contributed by atoms with E-state index in [4.69, 9.17) is 0 Å². The fourth-order valence-electron chi connectivity index (χ4n) is 4.70. The highest BCUT2D eigenvalue weighted by molar-refractivity contribution is 5.63. The summed E-state index contributed by atoms with van der Waals surface area (Å²) in [6.45, 7) is 2.32. The van der Waals surface area contributed by atoms with Gasteiger partial charge < -0.3 is 5.32 Å². The van der Waals surface area contributed by atoms with Crippen LogP contribution >= 0.6 is 0 Å². The van der Waals surface area contributed by atoms with Gasteiger partial charge in [0.1, 0.15) is 5.82 Å². The van der Waals surface area contributed by atoms with Gasteiger partial charge in [0, 0.05) is 46.9 Å². The molecule has 2 aromatic carbocycles. The van der Waals surface area contributed by atoms with E-state index in [0.717, 1.165) is 53.7 Å². The quantitative estimate of drug-likeness (QED) is 0.338. The number of rotatable bonds is 6. The average Bonchev–Trinajstić information content (AvgIpc) is 3.46. The van der Waals surface area contributed by atoms with Crippen LogP contribution in [0, 0.1) is 5.82 Å². The average molecular weight is 524 g/mol. The molecule has 0 atom stereocenters. The van der Waals surface area contributed by atoms with E-state index in [0.29, 0.717) is 17.6 Å². The van der Waals surface area contributed by atoms with Gasteiger partial charge in [0.25, 0.3) is 5.56 Å². The number of hydrogen-bond acceptors (Lipinski definition) is 6. The highest BCUT2D eigenvalue weighted by Crippen LogP contribution is 2.24. The molecular formula is C30H30FN7O. The zero-order chi connectivity index (χ0) is 25.9. The molecule has 0 aliphatic carbocycles. The summed E-state index contributed by atoms with van der Waals surface area (Å²) in [6.07, 6.45) is 9.72. The fraction of sp³-hybridized carbons (Fsp3) is 0.233. The third kappa shape index (κ3) is 5.83. The molecule has 9 heteroatoms. The Bertz CT molecular complexity index is 1600. The summed E-state index contributed by atoms with van der Waals surface area (Å²) in [6, 6.07) is 17.3. The predicted octanol–water partition coefficient (Wildman–Crippen LogP) is 4.98. The Balaban J connectivity index is 0.00000308. The van der Waals surface area contributed by atoms with Crippen LogP contribution in [0.5, 0.6) is 0 Å². The Morgan fingerprint density at radius 3 is 2.41 bits per heavy atom. The fourth-order valence-corrected chi connectivity index (χ4v) is 4.70. The molecule has 3 aromatic heterocycles. The van der Waals surface area contributed by atoms with Gasteiger partial charge in [0.2, 0.25) is 0 Å². The van der Waals surface area contributed by atoms with Crippen LogP contribution in [0.4, 0.5) is 4.39 Å². The van der Waals surface area contributed by atoms with Crippen LogP contribution in [0.3, 0.4) is 0 Å². The lowest BCUT2D eigenvalue weighted by molar-refractivity contribution is 0.343. The Labute approximate surface area is 226 Å². The van der Waals surface area contributed by atoms with Crippen LogP contribution in [0.15, 0.2) is 90.2 Å². The Morgan fingerprint density at radius 1 is 0.872 bits per heavy atom. The molecule has 0 unspecified atom stereocenters. The molecule has 5 aromatic rings. The van der Waals surface area contributed by atoms with E-state index in [1.807, 2.05) is 42.9 Å². The first kappa shape index (κ1) is 26.1. The van der Waals surface area contributed by atoms with E-state index >= 15 is 0 Å². The van der Waals surface area contributed by atoms with Gasteiger partial charge in [-0.1, -0.05) is 25.6 Å². The number of halogens is 1. The van der Waals surface area contributed by atoms with Gasteiger partial charge in [-0.3, -0.25) is 9.48 Å². The number of nitrogens with one attached hydrogen (secondary N) is 1. The lowest BCUT2D eigenvalue weighted by Crippen LogP contribution is -2.29. The van der Waals surface area contributed by atoms with Crippen molar-refractivity contribution < 1.29 is 4.39 Å². The smallest absolute Gasteiger partial charge is 0.267 e. The largest absolute Gasteiger partial charge is 0.317 e. The summed E-state index contributed by atoms with van der Waals surface area (Å²) in [4.78, 5) is 21.7. The summed E-state index contributed by atoms with van der Waals surface area (Å²) in [5.41, 5.74) is 4.78. The maximum Gasteiger partial charge on any atom is 0.267 e. The molecule has 1 fully saturated rings. The third-order valence-electron chi connectivity index (χ3n) is 6.79. The minimum absolute atomic E-state index is 0. The summed E-state index contributed by atoms with van der Waals surface area (Å²) in [5, 5.41) is 12.4. The van der Waals surface area contributed by atoms with E-state index in [2.05, 4.69) is 36.4 Å². The van der Waals surface area contributed by atoms with Gasteiger partial charge in [-0.25, -0.2) is 19.0 Å². The minimum Gasteiger partial charge on any atom is -0.317 e. The Kier molecular flexibility index (Phi) is 7.69. The van der Waals surface area contributed by atoms with Gasteiger partial charge >= 0.3 is 0 Å². The van der Waals surface area contributed by atoms with Crippen LogP contribution in [-0.4, -0.2) is 42.6 Å². The van der Waals surface area contributed by atoms with Crippen LogP contribution in [0.1, 0.15) is 31.9 Å². The summed E-state index contributed by atoms with van der Waals surface area (Å²) in [5.74, 6) is 0.281. The van der Waals surface area contributed by atoms with Crippen LogP contribution in [0.2, 0.25) is 0 Å². The minimum atomic E-state index is -0.318. The maximum absolute atomic E-state index is 13.3. The van der Waals surface area contributed by atoms with E-state index in [9.17, 15) is 9.18 Å². The maximum atomic E-state index is 13.3. The van der Waals surface area contributed by atoms with Crippen molar-refractivity contribution in [1.29, 1.82) is 0 Å². The molecule has 1 aliphatic heterocycles. The number of nitrogens with zero attached hydrogens (tertiary/aromatic N) is 6. The normalized spacial score (nSPS) is 13.7. The van der Waals surface area contributed by atoms with Crippen LogP contribution in [0.25, 0.3) is 33.8 Å². The van der Waals surface area contributed by atoms with Gasteiger partial charge in [0.15, 0.2) is 5.82 Å². The third-order valence-corrected chi connectivity index (χ3v) is 6.79. The molecule has 0 saturated carbocycles. The van der Waals surface area contributed by atoms with Crippen molar-refractivity contribution in [2.24, 2.45) is 0 Å². The molecule has 1 saturated heterocycles. The van der Waals surface area contributed by atoms with Crippen molar-refractivity contribution in [2.45, 2.75) is 32.9 Å². The molecule has 4 heterocycles. The molecule has 6 rings (SSSR count). The van der Waals surface area contributed by atoms with Gasteiger partial charge in [0.05, 0.1) is 24.5 Å². The molecule has 0 amide bonds. The van der Waals surface area contributed by atoms with E-state index in [1.54, 1.807) is 18.2 Å². The lowest BCUT2D eigenvalue weighted by Gasteiger charge is -2.22. The Morgan fingerprint density at radius 2 is 1.64 bits per heavy atom. The second-order valence-electron chi connectivity index (χ2n) is 9.41. The summed E-state index contributed by atoms with van der Waals surface area (Å²) >= 11 is 0. The number of aromatic nitrogens is 6. The van der Waals surface area contributed by atoms with Crippen molar-refractivity contribution in [3.63, 3.8) is 0 Å². The van der Waals surface area contributed by atoms with Crippen molar-refractivity contribution in [3.05, 3.63) is 107 Å². The topological polar surface area (TPSA) is 90.5 Å². The predicted molar refractivity (Wildman–Crippen MR) is 150 cm³/mol. The highest BCUT2D eigenvalue weighted by Gasteiger charge is 2.16. The molecule has 198 valence electrons. The number of piperidine rings is 1. The van der Waals surface area contributed by atoms with E-state index in [1.165, 1.54) is 22.9 Å². The van der Waals surface area contributed by atoms with Gasteiger partial charge in [-0.15, -0.1) is 0 Å². The van der Waals surface area contributed by atoms with Crippen molar-refractivity contribution in [2.75, 3.05) is 13.1 Å². The summed E-state index contributed by atoms with van der Waals surface area (Å²) in [7, 11) is 0. The first-order chi connectivity index (χ1) is 18.6. The number of benzene rings is 2. The molecule has 39 heavy (non-hydrogen) atoms. The zero-order valence-corrected chi connectivity index (χ0v) is 20.7. The van der Waals surface area contributed by atoms with Crippen LogP contribution in [-0.2, 0) is 6.54 Å². The molecule has 1 aliphatic rings. The second-order valence-corrected chi connectivity index (χ2v) is 9.41. The molecular weight excluding hydrogens is 493 g/mol. The molecule has 0 radical (unpaired) electrons. The standard InChI is InChI=1S/C29H26FN7O.CH4/c30-25-6-4-21(5-7-25)27-8-9-28(38)37(35-27)18-20-2-1-3-22(14-20)29-32-15-23(16-33-29)24-17-34-36(19-24)26-10-12-31-13-11-26;/h1-9,14-17,19,26,31H,10-13,18H2;1H4. The van der Waals surface area contributed by atoms with Gasteiger partial charge in [-0.05, 0) is 67.9 Å².